The average Bonchev–Trinajstić information content (AvgIpc) is 2.68. The third-order valence-electron chi connectivity index (χ3n) is 5.59. The molecule has 0 bridgehead atoms. The number of nitrogens with zero attached hydrogens (tertiary/aromatic N) is 2. The molecular weight excluding hydrogens is 368 g/mol. The Morgan fingerprint density at radius 2 is 1.64 bits per heavy atom. The van der Waals surface area contributed by atoms with Crippen LogP contribution in [0.3, 0.4) is 0 Å². The van der Waals surface area contributed by atoms with Crippen LogP contribution in [-0.4, -0.2) is 37.0 Å². The minimum Gasteiger partial charge on any atom is -0.368 e. The fraction of sp³-hybridized carbons (Fsp3) is 0.458. The molecule has 0 unspecified atom stereocenters. The number of halogens is 1. The topological polar surface area (TPSA) is 23.6 Å². The van der Waals surface area contributed by atoms with E-state index in [-0.39, 0.29) is 11.3 Å². The lowest BCUT2D eigenvalue weighted by atomic mass is 9.86. The summed E-state index contributed by atoms with van der Waals surface area (Å²) in [5.74, 6) is 0.252. The molecule has 28 heavy (non-hydrogen) atoms. The van der Waals surface area contributed by atoms with Crippen LogP contribution in [-0.2, 0) is 16.6 Å². The zero-order chi connectivity index (χ0) is 20.3. The summed E-state index contributed by atoms with van der Waals surface area (Å²) in [4.78, 5) is 17.0. The van der Waals surface area contributed by atoms with Crippen LogP contribution >= 0.6 is 11.6 Å². The molecule has 0 spiro atoms. The van der Waals surface area contributed by atoms with Crippen molar-refractivity contribution in [2.45, 2.75) is 46.0 Å². The Bertz CT molecular complexity index is 815. The van der Waals surface area contributed by atoms with Crippen LogP contribution in [0.25, 0.3) is 0 Å². The van der Waals surface area contributed by atoms with Crippen molar-refractivity contribution < 1.29 is 4.79 Å². The third kappa shape index (κ3) is 5.08. The van der Waals surface area contributed by atoms with Crippen molar-refractivity contribution in [2.24, 2.45) is 0 Å². The van der Waals surface area contributed by atoms with Crippen molar-refractivity contribution in [3.8, 4) is 0 Å². The summed E-state index contributed by atoms with van der Waals surface area (Å²) in [7, 11) is 0. The monoisotopic (exact) mass is 398 g/mol. The van der Waals surface area contributed by atoms with Gasteiger partial charge in [-0.2, -0.15) is 0 Å². The Morgan fingerprint density at radius 3 is 2.25 bits per heavy atom. The van der Waals surface area contributed by atoms with E-state index in [2.05, 4.69) is 62.9 Å². The Balaban J connectivity index is 1.51. The molecule has 0 radical (unpaired) electrons. The standard InChI is InChI=1S/C24H31ClN2O/c1-18-5-11-21(25)17-22(18)26-13-15-27(16-14-26)23(28)12-8-19-6-9-20(10-7-19)24(2,3)4/h5-7,9-11,17H,8,12-16H2,1-4H3. The third-order valence-corrected chi connectivity index (χ3v) is 5.83. The zero-order valence-electron chi connectivity index (χ0n) is 17.5. The molecular formula is C24H31ClN2O. The first-order chi connectivity index (χ1) is 13.2. The van der Waals surface area contributed by atoms with Crippen LogP contribution in [0.1, 0.15) is 43.9 Å². The van der Waals surface area contributed by atoms with Crippen LogP contribution in [0.2, 0.25) is 5.02 Å². The van der Waals surface area contributed by atoms with Gasteiger partial charge < -0.3 is 9.80 Å². The second kappa shape index (κ2) is 8.57. The lowest BCUT2D eigenvalue weighted by molar-refractivity contribution is -0.131. The first kappa shape index (κ1) is 20.7. The van der Waals surface area contributed by atoms with Crippen molar-refractivity contribution >= 4 is 23.2 Å². The number of rotatable bonds is 4. The van der Waals surface area contributed by atoms with Crippen LogP contribution < -0.4 is 4.90 Å². The molecule has 2 aromatic carbocycles. The molecule has 0 saturated carbocycles. The van der Waals surface area contributed by atoms with Gasteiger partial charge in [-0.25, -0.2) is 0 Å². The van der Waals surface area contributed by atoms with E-state index in [9.17, 15) is 4.79 Å². The number of hydrogen-bond acceptors (Lipinski definition) is 2. The van der Waals surface area contributed by atoms with Crippen LogP contribution in [0.15, 0.2) is 42.5 Å². The molecule has 3 nitrogen and oxygen atoms in total. The second-order valence-corrected chi connectivity index (χ2v) is 9.18. The van der Waals surface area contributed by atoms with Crippen molar-refractivity contribution in [2.75, 3.05) is 31.1 Å². The van der Waals surface area contributed by atoms with Gasteiger partial charge in [-0.05, 0) is 47.6 Å². The Labute approximate surface area is 174 Å². The minimum absolute atomic E-state index is 0.162. The average molecular weight is 399 g/mol. The van der Waals surface area contributed by atoms with Gasteiger partial charge in [0, 0.05) is 43.3 Å². The minimum atomic E-state index is 0.162. The van der Waals surface area contributed by atoms with Gasteiger partial charge in [0.15, 0.2) is 0 Å². The normalized spacial score (nSPS) is 15.0. The second-order valence-electron chi connectivity index (χ2n) is 8.75. The predicted octanol–water partition coefficient (Wildman–Crippen LogP) is 5.23. The molecule has 150 valence electrons. The van der Waals surface area contributed by atoms with Gasteiger partial charge in [0.05, 0.1) is 0 Å². The summed E-state index contributed by atoms with van der Waals surface area (Å²) in [5.41, 5.74) is 5.13. The molecule has 4 heteroatoms. The van der Waals surface area contributed by atoms with E-state index in [0.29, 0.717) is 6.42 Å². The molecule has 1 aliphatic heterocycles. The molecule has 2 aromatic rings. The highest BCUT2D eigenvalue weighted by Crippen LogP contribution is 2.26. The molecule has 0 aromatic heterocycles. The Kier molecular flexibility index (Phi) is 6.34. The summed E-state index contributed by atoms with van der Waals surface area (Å²) in [5, 5.41) is 0.761. The van der Waals surface area contributed by atoms with E-state index in [1.807, 2.05) is 17.0 Å². The van der Waals surface area contributed by atoms with Crippen LogP contribution in [0.5, 0.6) is 0 Å². The van der Waals surface area contributed by atoms with Gasteiger partial charge in [-0.3, -0.25) is 4.79 Å². The number of benzene rings is 2. The Morgan fingerprint density at radius 1 is 1.00 bits per heavy atom. The van der Waals surface area contributed by atoms with Crippen molar-refractivity contribution in [1.82, 2.24) is 4.90 Å². The zero-order valence-corrected chi connectivity index (χ0v) is 18.2. The number of piperazine rings is 1. The van der Waals surface area contributed by atoms with E-state index in [4.69, 9.17) is 11.6 Å². The molecule has 1 saturated heterocycles. The smallest absolute Gasteiger partial charge is 0.223 e. The van der Waals surface area contributed by atoms with Gasteiger partial charge in [0.2, 0.25) is 5.91 Å². The van der Waals surface area contributed by atoms with E-state index in [1.54, 1.807) is 0 Å². The maximum Gasteiger partial charge on any atom is 0.223 e. The van der Waals surface area contributed by atoms with Gasteiger partial charge in [-0.1, -0.05) is 62.7 Å². The lowest BCUT2D eigenvalue weighted by Gasteiger charge is -2.37. The fourth-order valence-electron chi connectivity index (χ4n) is 3.70. The summed E-state index contributed by atoms with van der Waals surface area (Å²) < 4.78 is 0. The first-order valence-corrected chi connectivity index (χ1v) is 10.5. The largest absolute Gasteiger partial charge is 0.368 e. The highest BCUT2D eigenvalue weighted by atomic mass is 35.5. The number of carbonyl (C=O) groups excluding carboxylic acids is 1. The van der Waals surface area contributed by atoms with E-state index >= 15 is 0 Å². The van der Waals surface area contributed by atoms with E-state index in [0.717, 1.165) is 37.6 Å². The summed E-state index contributed by atoms with van der Waals surface area (Å²) in [6.45, 7) is 12.0. The fourth-order valence-corrected chi connectivity index (χ4v) is 3.87. The molecule has 1 heterocycles. The van der Waals surface area contributed by atoms with E-state index in [1.165, 1.54) is 22.4 Å². The summed E-state index contributed by atoms with van der Waals surface area (Å²) in [6.07, 6.45) is 1.38. The predicted molar refractivity (Wildman–Crippen MR) is 118 cm³/mol. The first-order valence-electron chi connectivity index (χ1n) is 10.1. The number of amides is 1. The van der Waals surface area contributed by atoms with Gasteiger partial charge in [0.1, 0.15) is 0 Å². The van der Waals surface area contributed by atoms with Gasteiger partial charge in [-0.15, -0.1) is 0 Å². The molecule has 0 N–H and O–H groups in total. The van der Waals surface area contributed by atoms with Gasteiger partial charge in [0.25, 0.3) is 0 Å². The molecule has 1 aliphatic rings. The maximum atomic E-state index is 12.6. The van der Waals surface area contributed by atoms with Gasteiger partial charge >= 0.3 is 0 Å². The molecule has 1 fully saturated rings. The van der Waals surface area contributed by atoms with Crippen LogP contribution in [0.4, 0.5) is 5.69 Å². The number of hydrogen-bond donors (Lipinski definition) is 0. The van der Waals surface area contributed by atoms with Crippen molar-refractivity contribution in [1.29, 1.82) is 0 Å². The highest BCUT2D eigenvalue weighted by Gasteiger charge is 2.22. The summed E-state index contributed by atoms with van der Waals surface area (Å²) >= 11 is 6.16. The lowest BCUT2D eigenvalue weighted by Crippen LogP contribution is -2.49. The number of aryl methyl sites for hydroxylation is 2. The number of anilines is 1. The van der Waals surface area contributed by atoms with E-state index < -0.39 is 0 Å². The molecule has 1 amide bonds. The van der Waals surface area contributed by atoms with Crippen molar-refractivity contribution in [3.63, 3.8) is 0 Å². The quantitative estimate of drug-likeness (QED) is 0.704. The SMILES string of the molecule is Cc1ccc(Cl)cc1N1CCN(C(=O)CCc2ccc(C(C)(C)C)cc2)CC1. The highest BCUT2D eigenvalue weighted by molar-refractivity contribution is 6.30. The maximum absolute atomic E-state index is 12.6. The van der Waals surface area contributed by atoms with Crippen LogP contribution in [0, 0.1) is 6.92 Å². The van der Waals surface area contributed by atoms with Crippen molar-refractivity contribution in [3.05, 3.63) is 64.2 Å². The molecule has 0 aliphatic carbocycles. The Hall–Kier alpha value is -2.00. The number of carbonyl (C=O) groups is 1. The summed E-state index contributed by atoms with van der Waals surface area (Å²) in [6, 6.07) is 14.7. The molecule has 3 rings (SSSR count). The molecule has 0 atom stereocenters.